The van der Waals surface area contributed by atoms with Crippen molar-refractivity contribution in [3.8, 4) is 0 Å². The Bertz CT molecular complexity index is 706. The highest BCUT2D eigenvalue weighted by atomic mass is 32.2. The molecule has 6 nitrogen and oxygen atoms in total. The Kier molecular flexibility index (Phi) is 6.26. The predicted molar refractivity (Wildman–Crippen MR) is 97.8 cm³/mol. The monoisotopic (exact) mass is 383 g/mol. The standard InChI is InChI=1S/C18H26FN3O3S/c19-16-6-9-21(13-16)18(23)12-20-17-7-10-22(11-8-17)26(24,25)14-15-4-2-1-3-5-15/h1-5,16-17,20H,6-14H2/t16-/m0/s1. The van der Waals surface area contributed by atoms with E-state index in [1.807, 2.05) is 30.3 Å². The van der Waals surface area contributed by atoms with Crippen LogP contribution in [-0.2, 0) is 20.6 Å². The molecule has 0 bridgehead atoms. The summed E-state index contributed by atoms with van der Waals surface area (Å²) in [6, 6.07) is 9.29. The number of hydrogen-bond acceptors (Lipinski definition) is 4. The number of piperidine rings is 1. The molecule has 2 saturated heterocycles. The Morgan fingerprint density at radius 2 is 1.81 bits per heavy atom. The lowest BCUT2D eigenvalue weighted by Crippen LogP contribution is -2.47. The Morgan fingerprint density at radius 3 is 2.42 bits per heavy atom. The number of nitrogens with one attached hydrogen (secondary N) is 1. The summed E-state index contributed by atoms with van der Waals surface area (Å²) in [7, 11) is -3.32. The van der Waals surface area contributed by atoms with E-state index < -0.39 is 16.2 Å². The first-order chi connectivity index (χ1) is 12.4. The lowest BCUT2D eigenvalue weighted by atomic mass is 10.1. The smallest absolute Gasteiger partial charge is 0.236 e. The fourth-order valence-electron chi connectivity index (χ4n) is 3.50. The summed E-state index contributed by atoms with van der Waals surface area (Å²) in [4.78, 5) is 13.6. The van der Waals surface area contributed by atoms with Crippen LogP contribution in [0, 0.1) is 0 Å². The van der Waals surface area contributed by atoms with Crippen molar-refractivity contribution in [2.75, 3.05) is 32.7 Å². The van der Waals surface area contributed by atoms with Gasteiger partial charge in [0.05, 0.1) is 18.8 Å². The molecule has 1 atom stereocenters. The van der Waals surface area contributed by atoms with Gasteiger partial charge in [-0.3, -0.25) is 4.79 Å². The number of carbonyl (C=O) groups is 1. The maximum absolute atomic E-state index is 13.2. The van der Waals surface area contributed by atoms with E-state index in [-0.39, 0.29) is 30.8 Å². The van der Waals surface area contributed by atoms with Gasteiger partial charge in [-0.1, -0.05) is 30.3 Å². The summed E-state index contributed by atoms with van der Waals surface area (Å²) >= 11 is 0. The molecule has 1 aromatic rings. The Balaban J connectivity index is 1.43. The minimum absolute atomic E-state index is 0.0176. The normalized spacial score (nSPS) is 22.7. The quantitative estimate of drug-likeness (QED) is 0.800. The number of amides is 1. The largest absolute Gasteiger partial charge is 0.339 e. The van der Waals surface area contributed by atoms with Crippen LogP contribution in [-0.4, -0.2) is 68.5 Å². The highest BCUT2D eigenvalue weighted by Crippen LogP contribution is 2.18. The summed E-state index contributed by atoms with van der Waals surface area (Å²) < 4.78 is 39.8. The van der Waals surface area contributed by atoms with Gasteiger partial charge < -0.3 is 10.2 Å². The zero-order valence-electron chi connectivity index (χ0n) is 14.8. The van der Waals surface area contributed by atoms with Crippen LogP contribution in [0.5, 0.6) is 0 Å². The van der Waals surface area contributed by atoms with Crippen molar-refractivity contribution in [1.29, 1.82) is 0 Å². The molecule has 1 N–H and O–H groups in total. The van der Waals surface area contributed by atoms with Crippen LogP contribution >= 0.6 is 0 Å². The number of likely N-dealkylation sites (tertiary alicyclic amines) is 1. The molecular formula is C18H26FN3O3S. The Morgan fingerprint density at radius 1 is 1.12 bits per heavy atom. The highest BCUT2D eigenvalue weighted by molar-refractivity contribution is 7.88. The van der Waals surface area contributed by atoms with Gasteiger partial charge in [0.25, 0.3) is 0 Å². The molecule has 0 unspecified atom stereocenters. The van der Waals surface area contributed by atoms with Gasteiger partial charge in [0.2, 0.25) is 15.9 Å². The van der Waals surface area contributed by atoms with Gasteiger partial charge in [0, 0.05) is 25.7 Å². The maximum atomic E-state index is 13.2. The Hall–Kier alpha value is -1.51. The van der Waals surface area contributed by atoms with Crippen LogP contribution in [0.1, 0.15) is 24.8 Å². The number of halogens is 1. The maximum Gasteiger partial charge on any atom is 0.236 e. The lowest BCUT2D eigenvalue weighted by molar-refractivity contribution is -0.129. The fourth-order valence-corrected chi connectivity index (χ4v) is 5.07. The number of rotatable bonds is 6. The summed E-state index contributed by atoms with van der Waals surface area (Å²) in [5.74, 6) is -0.0617. The van der Waals surface area contributed by atoms with Crippen molar-refractivity contribution < 1.29 is 17.6 Å². The van der Waals surface area contributed by atoms with Crippen LogP contribution in [0.4, 0.5) is 4.39 Å². The molecule has 0 aliphatic carbocycles. The van der Waals surface area contributed by atoms with Gasteiger partial charge in [0.1, 0.15) is 6.17 Å². The predicted octanol–water partition coefficient (Wildman–Crippen LogP) is 1.14. The molecule has 144 valence electrons. The van der Waals surface area contributed by atoms with Gasteiger partial charge >= 0.3 is 0 Å². The number of sulfonamides is 1. The first-order valence-electron chi connectivity index (χ1n) is 9.11. The summed E-state index contributed by atoms with van der Waals surface area (Å²) in [6.45, 7) is 1.78. The first kappa shape index (κ1) is 19.3. The molecule has 0 saturated carbocycles. The lowest BCUT2D eigenvalue weighted by Gasteiger charge is -2.32. The second-order valence-corrected chi connectivity index (χ2v) is 8.99. The minimum Gasteiger partial charge on any atom is -0.339 e. The number of carbonyl (C=O) groups excluding carboxylic acids is 1. The number of alkyl halides is 1. The van der Waals surface area contributed by atoms with Crippen LogP contribution in [0.15, 0.2) is 30.3 Å². The molecule has 2 fully saturated rings. The molecule has 1 amide bonds. The molecule has 2 heterocycles. The summed E-state index contributed by atoms with van der Waals surface area (Å²) in [5.41, 5.74) is 0.787. The van der Waals surface area contributed by atoms with Crippen LogP contribution in [0.25, 0.3) is 0 Å². The molecule has 26 heavy (non-hydrogen) atoms. The van der Waals surface area contributed by atoms with E-state index in [4.69, 9.17) is 0 Å². The van der Waals surface area contributed by atoms with Crippen molar-refractivity contribution >= 4 is 15.9 Å². The van der Waals surface area contributed by atoms with Crippen molar-refractivity contribution in [2.24, 2.45) is 0 Å². The van der Waals surface area contributed by atoms with E-state index in [0.29, 0.717) is 38.9 Å². The zero-order chi connectivity index (χ0) is 18.6. The van der Waals surface area contributed by atoms with E-state index in [1.165, 1.54) is 4.31 Å². The average molecular weight is 383 g/mol. The molecule has 2 aliphatic rings. The molecule has 0 aromatic heterocycles. The van der Waals surface area contributed by atoms with Crippen LogP contribution in [0.2, 0.25) is 0 Å². The summed E-state index contributed by atoms with van der Waals surface area (Å²) in [6.07, 6.45) is 0.862. The fraction of sp³-hybridized carbons (Fsp3) is 0.611. The third-order valence-corrected chi connectivity index (χ3v) is 6.91. The molecule has 8 heteroatoms. The van der Waals surface area contributed by atoms with Gasteiger partial charge in [-0.05, 0) is 24.8 Å². The molecule has 0 spiro atoms. The summed E-state index contributed by atoms with van der Waals surface area (Å²) in [5, 5.41) is 3.20. The van der Waals surface area contributed by atoms with E-state index in [0.717, 1.165) is 5.56 Å². The van der Waals surface area contributed by atoms with Gasteiger partial charge in [0.15, 0.2) is 0 Å². The molecule has 2 aliphatic heterocycles. The van der Waals surface area contributed by atoms with Crippen molar-refractivity contribution in [3.63, 3.8) is 0 Å². The van der Waals surface area contributed by atoms with Crippen molar-refractivity contribution in [3.05, 3.63) is 35.9 Å². The van der Waals surface area contributed by atoms with Crippen molar-refractivity contribution in [2.45, 2.75) is 37.2 Å². The third-order valence-electron chi connectivity index (χ3n) is 5.06. The molecule has 3 rings (SSSR count). The van der Waals surface area contributed by atoms with E-state index >= 15 is 0 Å². The van der Waals surface area contributed by atoms with Gasteiger partial charge in [-0.2, -0.15) is 0 Å². The topological polar surface area (TPSA) is 69.7 Å². The second kappa shape index (κ2) is 8.45. The molecular weight excluding hydrogens is 357 g/mol. The number of hydrogen-bond donors (Lipinski definition) is 1. The van der Waals surface area contributed by atoms with E-state index in [9.17, 15) is 17.6 Å². The van der Waals surface area contributed by atoms with Gasteiger partial charge in [-0.15, -0.1) is 0 Å². The molecule has 0 radical (unpaired) electrons. The van der Waals surface area contributed by atoms with Crippen LogP contribution in [0.3, 0.4) is 0 Å². The number of nitrogens with zero attached hydrogens (tertiary/aromatic N) is 2. The van der Waals surface area contributed by atoms with E-state index in [1.54, 1.807) is 4.90 Å². The zero-order valence-corrected chi connectivity index (χ0v) is 15.6. The average Bonchev–Trinajstić information content (AvgIpc) is 3.07. The van der Waals surface area contributed by atoms with Crippen LogP contribution < -0.4 is 5.32 Å². The second-order valence-electron chi connectivity index (χ2n) is 7.02. The van der Waals surface area contributed by atoms with Gasteiger partial charge in [-0.25, -0.2) is 17.1 Å². The van der Waals surface area contributed by atoms with Crippen molar-refractivity contribution in [1.82, 2.24) is 14.5 Å². The Labute approximate surface area is 154 Å². The first-order valence-corrected chi connectivity index (χ1v) is 10.7. The van der Waals surface area contributed by atoms with E-state index in [2.05, 4.69) is 5.32 Å². The minimum atomic E-state index is -3.32. The molecule has 1 aromatic carbocycles. The third kappa shape index (κ3) is 5.02. The SMILES string of the molecule is O=C(CNC1CCN(S(=O)(=O)Cc2ccccc2)CC1)N1CC[C@H](F)C1. The highest BCUT2D eigenvalue weighted by Gasteiger charge is 2.29. The number of benzene rings is 1.